The highest BCUT2D eigenvalue weighted by Crippen LogP contribution is 2.24. The van der Waals surface area contributed by atoms with Crippen LogP contribution in [0.25, 0.3) is 0 Å². The quantitative estimate of drug-likeness (QED) is 0.343. The molecule has 0 aliphatic rings. The Balaban J connectivity index is 1.95. The van der Waals surface area contributed by atoms with Crippen LogP contribution < -0.4 is 14.8 Å². The number of esters is 2. The molecule has 2 N–H and O–H groups in total. The SMILES string of the molecule is COc1cccc(C(=O)O[C@@H](C(=O)O)[C@@H](OC(=O)c2cccc(OC)c2)C(=O)Nc2cc(Cl)cc(Cl)c2)c1. The third-order valence-corrected chi connectivity index (χ3v) is 5.42. The fourth-order valence-electron chi connectivity index (χ4n) is 3.20. The predicted octanol–water partition coefficient (Wildman–Crippen LogP) is 4.48. The Labute approximate surface area is 227 Å². The first kappa shape index (κ1) is 28.3. The van der Waals surface area contributed by atoms with Crippen molar-refractivity contribution in [1.82, 2.24) is 0 Å². The zero-order valence-corrected chi connectivity index (χ0v) is 21.5. The highest BCUT2D eigenvalue weighted by molar-refractivity contribution is 6.35. The molecule has 0 saturated heterocycles. The second-order valence-electron chi connectivity index (χ2n) is 7.60. The number of nitrogens with one attached hydrogen (secondary N) is 1. The molecule has 2 atom stereocenters. The normalized spacial score (nSPS) is 12.0. The van der Waals surface area contributed by atoms with Gasteiger partial charge < -0.3 is 29.4 Å². The highest BCUT2D eigenvalue weighted by atomic mass is 35.5. The van der Waals surface area contributed by atoms with Crippen molar-refractivity contribution in [3.05, 3.63) is 87.9 Å². The van der Waals surface area contributed by atoms with Crippen LogP contribution in [0.5, 0.6) is 11.5 Å². The number of hydrogen-bond donors (Lipinski definition) is 2. The number of carboxylic acid groups (broad SMARTS) is 1. The fourth-order valence-corrected chi connectivity index (χ4v) is 3.73. The number of hydrogen-bond acceptors (Lipinski definition) is 8. The number of carbonyl (C=O) groups is 4. The first-order valence-electron chi connectivity index (χ1n) is 10.8. The fraction of sp³-hybridized carbons (Fsp3) is 0.154. The molecule has 198 valence electrons. The number of benzene rings is 3. The molecule has 0 spiro atoms. The first-order chi connectivity index (χ1) is 18.1. The maximum absolute atomic E-state index is 13.2. The first-order valence-corrected chi connectivity index (χ1v) is 11.6. The van der Waals surface area contributed by atoms with Gasteiger partial charge in [0.1, 0.15) is 11.5 Å². The van der Waals surface area contributed by atoms with E-state index in [-0.39, 0.29) is 26.9 Å². The van der Waals surface area contributed by atoms with Gasteiger partial charge in [-0.05, 0) is 54.6 Å². The number of carbonyl (C=O) groups excluding carboxylic acids is 3. The number of anilines is 1. The molecule has 3 rings (SSSR count). The summed E-state index contributed by atoms with van der Waals surface area (Å²) in [4.78, 5) is 51.1. The van der Waals surface area contributed by atoms with Crippen LogP contribution in [0.2, 0.25) is 10.0 Å². The average molecular weight is 562 g/mol. The molecule has 0 aromatic heterocycles. The number of methoxy groups -OCH3 is 2. The van der Waals surface area contributed by atoms with Gasteiger partial charge in [-0.25, -0.2) is 14.4 Å². The topological polar surface area (TPSA) is 137 Å². The third kappa shape index (κ3) is 7.37. The summed E-state index contributed by atoms with van der Waals surface area (Å²) in [5.41, 5.74) is -0.0232. The Morgan fingerprint density at radius 1 is 0.737 bits per heavy atom. The molecule has 0 fully saturated rings. The molecule has 0 aliphatic heterocycles. The Bertz CT molecular complexity index is 1340. The van der Waals surface area contributed by atoms with Gasteiger partial charge in [0, 0.05) is 15.7 Å². The van der Waals surface area contributed by atoms with Crippen LogP contribution in [0.1, 0.15) is 20.7 Å². The lowest BCUT2D eigenvalue weighted by molar-refractivity contribution is -0.157. The van der Waals surface area contributed by atoms with Crippen molar-refractivity contribution in [2.45, 2.75) is 12.2 Å². The summed E-state index contributed by atoms with van der Waals surface area (Å²) in [6.45, 7) is 0. The largest absolute Gasteiger partial charge is 0.497 e. The van der Waals surface area contributed by atoms with Gasteiger partial charge in [-0.3, -0.25) is 4.79 Å². The van der Waals surface area contributed by atoms with E-state index in [2.05, 4.69) is 5.32 Å². The smallest absolute Gasteiger partial charge is 0.349 e. The zero-order valence-electron chi connectivity index (χ0n) is 20.0. The second kappa shape index (κ2) is 12.8. The molecule has 0 saturated carbocycles. The lowest BCUT2D eigenvalue weighted by Gasteiger charge is -2.24. The number of amides is 1. The number of halogens is 2. The maximum atomic E-state index is 13.2. The van der Waals surface area contributed by atoms with E-state index in [1.165, 1.54) is 68.8 Å². The summed E-state index contributed by atoms with van der Waals surface area (Å²) in [7, 11) is 2.76. The van der Waals surface area contributed by atoms with Crippen molar-refractivity contribution in [2.75, 3.05) is 19.5 Å². The summed E-state index contributed by atoms with van der Waals surface area (Å²) in [5.74, 6) is -4.42. The second-order valence-corrected chi connectivity index (χ2v) is 8.47. The molecule has 3 aromatic rings. The van der Waals surface area contributed by atoms with Gasteiger partial charge in [0.25, 0.3) is 5.91 Å². The molecule has 0 aliphatic carbocycles. The minimum Gasteiger partial charge on any atom is -0.497 e. The molecule has 1 amide bonds. The van der Waals surface area contributed by atoms with Crippen LogP contribution in [0.15, 0.2) is 66.7 Å². The summed E-state index contributed by atoms with van der Waals surface area (Å²) in [6, 6.07) is 15.6. The molecule has 0 radical (unpaired) electrons. The van der Waals surface area contributed by atoms with Crippen molar-refractivity contribution in [3.63, 3.8) is 0 Å². The molecular weight excluding hydrogens is 541 g/mol. The minimum atomic E-state index is -2.24. The average Bonchev–Trinajstić information content (AvgIpc) is 2.89. The zero-order chi connectivity index (χ0) is 27.8. The number of aliphatic carboxylic acids is 1. The number of rotatable bonds is 10. The molecular formula is C26H21Cl2NO9. The van der Waals surface area contributed by atoms with E-state index in [4.69, 9.17) is 42.1 Å². The van der Waals surface area contributed by atoms with E-state index in [1.54, 1.807) is 12.1 Å². The minimum absolute atomic E-state index is 0.0452. The maximum Gasteiger partial charge on any atom is 0.349 e. The van der Waals surface area contributed by atoms with Crippen LogP contribution in [-0.4, -0.2) is 55.3 Å². The van der Waals surface area contributed by atoms with Gasteiger partial charge in [-0.1, -0.05) is 35.3 Å². The van der Waals surface area contributed by atoms with E-state index in [1.807, 2.05) is 0 Å². The monoisotopic (exact) mass is 561 g/mol. The van der Waals surface area contributed by atoms with E-state index in [0.29, 0.717) is 11.5 Å². The number of carboxylic acids is 1. The van der Waals surface area contributed by atoms with E-state index < -0.39 is 36.0 Å². The van der Waals surface area contributed by atoms with Gasteiger partial charge in [0.15, 0.2) is 0 Å². The molecule has 10 nitrogen and oxygen atoms in total. The Hall–Kier alpha value is -4.28. The Kier molecular flexibility index (Phi) is 9.53. The lowest BCUT2D eigenvalue weighted by Crippen LogP contribution is -2.48. The number of ether oxygens (including phenoxy) is 4. The summed E-state index contributed by atoms with van der Waals surface area (Å²) < 4.78 is 20.6. The van der Waals surface area contributed by atoms with E-state index in [9.17, 15) is 24.3 Å². The molecule has 0 unspecified atom stereocenters. The molecule has 0 bridgehead atoms. The van der Waals surface area contributed by atoms with Crippen LogP contribution in [0.4, 0.5) is 5.69 Å². The van der Waals surface area contributed by atoms with Crippen LogP contribution in [0, 0.1) is 0 Å². The summed E-state index contributed by atoms with van der Waals surface area (Å²) >= 11 is 11.9. The lowest BCUT2D eigenvalue weighted by atomic mass is 10.1. The Morgan fingerprint density at radius 3 is 1.66 bits per heavy atom. The van der Waals surface area contributed by atoms with E-state index in [0.717, 1.165) is 0 Å². The van der Waals surface area contributed by atoms with Crippen molar-refractivity contribution in [3.8, 4) is 11.5 Å². The standard InChI is InChI=1S/C26H21Cl2NO9/c1-35-19-7-3-5-14(9-19)25(33)37-21(23(30)29-18-12-16(27)11-17(28)13-18)22(24(31)32)38-26(34)15-6-4-8-20(10-15)36-2/h3-13,21-22H,1-2H3,(H,29,30)(H,31,32)/t21-,22-/m1/s1. The third-order valence-electron chi connectivity index (χ3n) is 4.99. The van der Waals surface area contributed by atoms with Crippen molar-refractivity contribution < 1.29 is 43.2 Å². The van der Waals surface area contributed by atoms with Gasteiger partial charge in [-0.2, -0.15) is 0 Å². The summed E-state index contributed by atoms with van der Waals surface area (Å²) in [6.07, 6.45) is -4.36. The molecule has 0 heterocycles. The van der Waals surface area contributed by atoms with Crippen LogP contribution in [-0.2, 0) is 19.1 Å². The van der Waals surface area contributed by atoms with Crippen LogP contribution in [0.3, 0.4) is 0 Å². The molecule has 3 aromatic carbocycles. The van der Waals surface area contributed by atoms with Gasteiger partial charge in [0.05, 0.1) is 25.3 Å². The summed E-state index contributed by atoms with van der Waals surface area (Å²) in [5, 5.41) is 12.6. The van der Waals surface area contributed by atoms with E-state index >= 15 is 0 Å². The van der Waals surface area contributed by atoms with Gasteiger partial charge >= 0.3 is 17.9 Å². The van der Waals surface area contributed by atoms with Crippen LogP contribution >= 0.6 is 23.2 Å². The molecule has 38 heavy (non-hydrogen) atoms. The van der Waals surface area contributed by atoms with Crippen molar-refractivity contribution in [1.29, 1.82) is 0 Å². The van der Waals surface area contributed by atoms with Gasteiger partial charge in [0.2, 0.25) is 12.2 Å². The predicted molar refractivity (Wildman–Crippen MR) is 137 cm³/mol. The van der Waals surface area contributed by atoms with Crippen molar-refractivity contribution in [2.24, 2.45) is 0 Å². The Morgan fingerprint density at radius 2 is 1.21 bits per heavy atom. The molecule has 12 heteroatoms. The van der Waals surface area contributed by atoms with Crippen molar-refractivity contribution >= 4 is 52.7 Å². The highest BCUT2D eigenvalue weighted by Gasteiger charge is 2.41. The van der Waals surface area contributed by atoms with Gasteiger partial charge in [-0.15, -0.1) is 0 Å².